The summed E-state index contributed by atoms with van der Waals surface area (Å²) in [6, 6.07) is 0.851. The zero-order valence-corrected chi connectivity index (χ0v) is 11.2. The molecule has 0 aliphatic carbocycles. The third kappa shape index (κ3) is 2.59. The predicted molar refractivity (Wildman–Crippen MR) is 67.0 cm³/mol. The molecule has 0 fully saturated rings. The Morgan fingerprint density at radius 2 is 2.05 bits per heavy atom. The van der Waals surface area contributed by atoms with Crippen LogP contribution in [0.4, 0.5) is 18.9 Å². The molecule has 106 valence electrons. The molecule has 0 bridgehead atoms. The normalized spacial score (nSPS) is 11.6. The van der Waals surface area contributed by atoms with E-state index in [1.165, 1.54) is 6.20 Å². The Balaban J connectivity index is 2.64. The fourth-order valence-corrected chi connectivity index (χ4v) is 1.84. The molecule has 20 heavy (non-hydrogen) atoms. The van der Waals surface area contributed by atoms with E-state index in [2.05, 4.69) is 26.0 Å². The average Bonchev–Trinajstić information content (AvgIpc) is 2.70. The Kier molecular flexibility index (Phi) is 3.42. The van der Waals surface area contributed by atoms with Crippen molar-refractivity contribution in [2.45, 2.75) is 6.18 Å². The molecule has 2 aromatic rings. The number of nitrogens with two attached hydrogens (primary N) is 2. The van der Waals surface area contributed by atoms with Crippen molar-refractivity contribution in [3.05, 3.63) is 34.2 Å². The number of amides is 1. The molecule has 4 N–H and O–H groups in total. The van der Waals surface area contributed by atoms with Crippen molar-refractivity contribution in [1.82, 2.24) is 14.8 Å². The minimum atomic E-state index is -4.64. The van der Waals surface area contributed by atoms with Gasteiger partial charge in [-0.1, -0.05) is 0 Å². The smallest absolute Gasteiger partial charge is 0.396 e. The molecule has 2 rings (SSSR count). The number of hydrogen-bond acceptors (Lipinski definition) is 4. The van der Waals surface area contributed by atoms with Gasteiger partial charge in [-0.3, -0.25) is 4.79 Å². The number of pyridine rings is 1. The number of aromatic nitrogens is 3. The first kappa shape index (κ1) is 14.3. The van der Waals surface area contributed by atoms with Gasteiger partial charge < -0.3 is 11.5 Å². The van der Waals surface area contributed by atoms with Crippen LogP contribution in [0.2, 0.25) is 0 Å². The molecule has 10 heteroatoms. The molecule has 0 unspecified atom stereocenters. The highest BCUT2D eigenvalue weighted by Crippen LogP contribution is 2.34. The maximum absolute atomic E-state index is 13.0. The van der Waals surface area contributed by atoms with E-state index in [0.29, 0.717) is 0 Å². The Labute approximate surface area is 118 Å². The topological polar surface area (TPSA) is 99.8 Å². The van der Waals surface area contributed by atoms with Gasteiger partial charge in [0.25, 0.3) is 5.91 Å². The number of carbonyl (C=O) groups is 1. The van der Waals surface area contributed by atoms with E-state index in [9.17, 15) is 18.0 Å². The minimum Gasteiger partial charge on any atom is -0.396 e. The number of alkyl halides is 3. The lowest BCUT2D eigenvalue weighted by Crippen LogP contribution is -2.15. The van der Waals surface area contributed by atoms with Crippen molar-refractivity contribution in [2.75, 3.05) is 5.73 Å². The average molecular weight is 350 g/mol. The summed E-state index contributed by atoms with van der Waals surface area (Å²) in [4.78, 5) is 14.7. The van der Waals surface area contributed by atoms with Crippen LogP contribution in [0.15, 0.2) is 22.9 Å². The van der Waals surface area contributed by atoms with E-state index in [0.717, 1.165) is 16.9 Å². The SMILES string of the molecule is NC(=O)c1nn(-c2ncc(Br)cc2C(F)(F)F)cc1N. The molecule has 0 aromatic carbocycles. The second-order valence-corrected chi connectivity index (χ2v) is 4.68. The van der Waals surface area contributed by atoms with Crippen LogP contribution in [0.25, 0.3) is 5.82 Å². The number of halogens is 4. The zero-order chi connectivity index (χ0) is 15.1. The van der Waals surface area contributed by atoms with Crippen LogP contribution < -0.4 is 11.5 Å². The largest absolute Gasteiger partial charge is 0.420 e. The lowest BCUT2D eigenvalue weighted by Gasteiger charge is -2.11. The Morgan fingerprint density at radius 3 is 2.55 bits per heavy atom. The quantitative estimate of drug-likeness (QED) is 0.862. The second-order valence-electron chi connectivity index (χ2n) is 3.76. The van der Waals surface area contributed by atoms with Gasteiger partial charge >= 0.3 is 6.18 Å². The van der Waals surface area contributed by atoms with Crippen LogP contribution in [0, 0.1) is 0 Å². The third-order valence-corrected chi connectivity index (χ3v) is 2.77. The van der Waals surface area contributed by atoms with Crippen molar-refractivity contribution < 1.29 is 18.0 Å². The first-order valence-corrected chi connectivity index (χ1v) is 5.87. The van der Waals surface area contributed by atoms with Crippen LogP contribution in [-0.2, 0) is 6.18 Å². The molecule has 1 amide bonds. The first-order valence-electron chi connectivity index (χ1n) is 5.08. The first-order chi connectivity index (χ1) is 9.20. The van der Waals surface area contributed by atoms with Crippen LogP contribution >= 0.6 is 15.9 Å². The summed E-state index contributed by atoms with van der Waals surface area (Å²) in [5, 5.41) is 3.62. The summed E-state index contributed by atoms with van der Waals surface area (Å²) < 4.78 is 39.8. The maximum Gasteiger partial charge on any atom is 0.420 e. The third-order valence-electron chi connectivity index (χ3n) is 2.33. The Morgan fingerprint density at radius 1 is 1.40 bits per heavy atom. The molecule has 0 spiro atoms. The van der Waals surface area contributed by atoms with Gasteiger partial charge in [0.05, 0.1) is 11.9 Å². The molecule has 0 aliphatic heterocycles. The van der Waals surface area contributed by atoms with Crippen molar-refractivity contribution in [2.24, 2.45) is 5.73 Å². The van der Waals surface area contributed by atoms with E-state index in [1.807, 2.05) is 0 Å². The molecule has 2 aromatic heterocycles. The van der Waals surface area contributed by atoms with Gasteiger partial charge in [-0.25, -0.2) is 9.67 Å². The van der Waals surface area contributed by atoms with Crippen molar-refractivity contribution >= 4 is 27.5 Å². The maximum atomic E-state index is 13.0. The van der Waals surface area contributed by atoms with Gasteiger partial charge in [-0.15, -0.1) is 0 Å². The van der Waals surface area contributed by atoms with E-state index in [1.54, 1.807) is 0 Å². The van der Waals surface area contributed by atoms with Gasteiger partial charge in [-0.2, -0.15) is 18.3 Å². The number of carbonyl (C=O) groups excluding carboxylic acids is 1. The molecule has 2 heterocycles. The second kappa shape index (κ2) is 4.78. The van der Waals surface area contributed by atoms with Gasteiger partial charge in [0.1, 0.15) is 5.56 Å². The number of hydrogen-bond donors (Lipinski definition) is 2. The number of nitrogens with zero attached hydrogens (tertiary/aromatic N) is 3. The number of primary amides is 1. The van der Waals surface area contributed by atoms with Gasteiger partial charge in [0, 0.05) is 10.7 Å². The lowest BCUT2D eigenvalue weighted by atomic mass is 10.2. The summed E-state index contributed by atoms with van der Waals surface area (Å²) in [6.07, 6.45) is -2.42. The zero-order valence-electron chi connectivity index (χ0n) is 9.65. The van der Waals surface area contributed by atoms with E-state index < -0.39 is 23.5 Å². The molecule has 6 nitrogen and oxygen atoms in total. The summed E-state index contributed by atoms with van der Waals surface area (Å²) >= 11 is 2.91. The van der Waals surface area contributed by atoms with Crippen molar-refractivity contribution in [1.29, 1.82) is 0 Å². The number of anilines is 1. The van der Waals surface area contributed by atoms with Crippen molar-refractivity contribution in [3.63, 3.8) is 0 Å². The number of nitrogen functional groups attached to an aromatic ring is 1. The number of rotatable bonds is 2. The molecule has 0 aliphatic rings. The Bertz CT molecular complexity index is 682. The highest BCUT2D eigenvalue weighted by atomic mass is 79.9. The molecular formula is C10H7BrF3N5O. The van der Waals surface area contributed by atoms with Gasteiger partial charge in [0.2, 0.25) is 0 Å². The summed E-state index contributed by atoms with van der Waals surface area (Å²) in [5.74, 6) is -1.44. The fourth-order valence-electron chi connectivity index (χ4n) is 1.51. The standard InChI is InChI=1S/C10H7BrF3N5O/c11-4-1-5(10(12,13)14)9(17-2-4)19-3-6(15)7(18-19)8(16)20/h1-3H,15H2,(H2,16,20). The van der Waals surface area contributed by atoms with E-state index in [4.69, 9.17) is 11.5 Å². The summed E-state index contributed by atoms with van der Waals surface area (Å²) in [5.41, 5.74) is 9.01. The van der Waals surface area contributed by atoms with Crippen LogP contribution in [0.5, 0.6) is 0 Å². The van der Waals surface area contributed by atoms with Crippen LogP contribution in [0.1, 0.15) is 16.1 Å². The van der Waals surface area contributed by atoms with Gasteiger partial charge in [0.15, 0.2) is 11.5 Å². The van der Waals surface area contributed by atoms with Crippen LogP contribution in [-0.4, -0.2) is 20.7 Å². The lowest BCUT2D eigenvalue weighted by molar-refractivity contribution is -0.137. The highest BCUT2D eigenvalue weighted by molar-refractivity contribution is 9.10. The monoisotopic (exact) mass is 349 g/mol. The molecule has 0 atom stereocenters. The molecule has 0 saturated heterocycles. The fraction of sp³-hybridized carbons (Fsp3) is 0.100. The molecular weight excluding hydrogens is 343 g/mol. The van der Waals surface area contributed by atoms with E-state index in [-0.39, 0.29) is 15.9 Å². The summed E-state index contributed by atoms with van der Waals surface area (Å²) in [6.45, 7) is 0. The minimum absolute atomic E-state index is 0.129. The Hall–Kier alpha value is -2.10. The molecule has 0 saturated carbocycles. The summed E-state index contributed by atoms with van der Waals surface area (Å²) in [7, 11) is 0. The van der Waals surface area contributed by atoms with Crippen molar-refractivity contribution in [3.8, 4) is 5.82 Å². The highest BCUT2D eigenvalue weighted by Gasteiger charge is 2.35. The van der Waals surface area contributed by atoms with Gasteiger partial charge in [-0.05, 0) is 22.0 Å². The van der Waals surface area contributed by atoms with Crippen LogP contribution in [0.3, 0.4) is 0 Å². The predicted octanol–water partition coefficient (Wildman–Crippen LogP) is 1.73. The van der Waals surface area contributed by atoms with E-state index >= 15 is 0 Å². The molecule has 0 radical (unpaired) electrons.